The first-order valence-electron chi connectivity index (χ1n) is 17.8. The number of aliphatic hydroxyl groups is 2. The Labute approximate surface area is 276 Å². The van der Waals surface area contributed by atoms with Gasteiger partial charge in [0.2, 0.25) is 11.4 Å². The van der Waals surface area contributed by atoms with Crippen LogP contribution in [0.2, 0.25) is 0 Å². The van der Waals surface area contributed by atoms with E-state index in [1.54, 1.807) is 0 Å². The number of epoxide rings is 1. The van der Waals surface area contributed by atoms with Crippen LogP contribution in [0.3, 0.4) is 0 Å². The summed E-state index contributed by atoms with van der Waals surface area (Å²) in [4.78, 5) is 27.3. The van der Waals surface area contributed by atoms with E-state index in [4.69, 9.17) is 33.2 Å². The number of rotatable bonds is 5. The molecule has 1 unspecified atom stereocenters. The number of fused-ring (bicyclic) bond motifs is 3. The number of hydrogen-bond donors (Lipinski definition) is 2. The Morgan fingerprint density at radius 2 is 1.81 bits per heavy atom. The third-order valence-corrected chi connectivity index (χ3v) is 13.3. The summed E-state index contributed by atoms with van der Waals surface area (Å²) in [5, 5.41) is 23.5. The van der Waals surface area contributed by atoms with E-state index < -0.39 is 101 Å². The van der Waals surface area contributed by atoms with E-state index in [1.807, 2.05) is 20.8 Å². The van der Waals surface area contributed by atoms with Gasteiger partial charge in [-0.2, -0.15) is 0 Å². The second-order valence-electron chi connectivity index (χ2n) is 15.8. The van der Waals surface area contributed by atoms with Gasteiger partial charge >= 0.3 is 11.9 Å². The molecule has 0 aromatic heterocycles. The second-order valence-corrected chi connectivity index (χ2v) is 15.8. The fourth-order valence-electron chi connectivity index (χ4n) is 11.7. The zero-order valence-corrected chi connectivity index (χ0v) is 28.2. The van der Waals surface area contributed by atoms with Crippen LogP contribution in [-0.4, -0.2) is 87.3 Å². The molecule has 6 heterocycles. The molecule has 8 rings (SSSR count). The Morgan fingerprint density at radius 3 is 2.49 bits per heavy atom. The first-order valence-corrected chi connectivity index (χ1v) is 17.8. The Morgan fingerprint density at radius 1 is 1.06 bits per heavy atom. The summed E-state index contributed by atoms with van der Waals surface area (Å²) < 4.78 is 47.2. The summed E-state index contributed by atoms with van der Waals surface area (Å²) in [6.45, 7) is 13.0. The SMILES string of the molecule is C=C(C)[C@@]12OC34CCC/C=C\CCCC[C@H](CCC)[C@@H]5[C@@H]6[C@]7(O[C@]5(C)OC7=O)[C@H](O)[C@@]5(CO)O[C@H]5[C@@H]([C@H]1O3)[C@]6(O4)[C@H](C)[C@H]2OC(C)=O. The summed E-state index contributed by atoms with van der Waals surface area (Å²) in [6.07, 6.45) is 7.89. The summed E-state index contributed by atoms with van der Waals surface area (Å²) in [6, 6.07) is 0. The molecule has 7 fully saturated rings. The minimum absolute atomic E-state index is 0.0508. The molecule has 5 bridgehead atoms. The molecule has 2 N–H and O–H groups in total. The number of carbonyl (C=O) groups is 2. The Balaban J connectivity index is 1.43. The predicted molar refractivity (Wildman–Crippen MR) is 164 cm³/mol. The maximum absolute atomic E-state index is 14.4. The van der Waals surface area contributed by atoms with Crippen molar-refractivity contribution in [2.24, 2.45) is 29.6 Å². The normalized spacial score (nSPS) is 56.1. The largest absolute Gasteiger partial charge is 0.459 e. The lowest BCUT2D eigenvalue weighted by Gasteiger charge is -2.63. The molecule has 15 atom stereocenters. The molecule has 6 aliphatic heterocycles. The second kappa shape index (κ2) is 10.3. The number of aliphatic hydroxyl groups excluding tert-OH is 2. The maximum Gasteiger partial charge on any atom is 0.344 e. The lowest BCUT2D eigenvalue weighted by molar-refractivity contribution is -0.436. The van der Waals surface area contributed by atoms with Gasteiger partial charge in [-0.15, -0.1) is 0 Å². The fourth-order valence-corrected chi connectivity index (χ4v) is 11.7. The average Bonchev–Trinajstić information content (AvgIpc) is 3.51. The van der Waals surface area contributed by atoms with Crippen LogP contribution < -0.4 is 0 Å². The highest BCUT2D eigenvalue weighted by atomic mass is 16.9. The van der Waals surface area contributed by atoms with Gasteiger partial charge in [0.25, 0.3) is 5.97 Å². The molecular formula is C36H50O11. The van der Waals surface area contributed by atoms with Crippen molar-refractivity contribution in [2.45, 2.75) is 151 Å². The van der Waals surface area contributed by atoms with Gasteiger partial charge in [-0.25, -0.2) is 4.79 Å². The minimum Gasteiger partial charge on any atom is -0.459 e. The molecule has 5 saturated heterocycles. The highest BCUT2D eigenvalue weighted by Gasteiger charge is 2.95. The van der Waals surface area contributed by atoms with Crippen molar-refractivity contribution in [3.05, 3.63) is 24.3 Å². The lowest BCUT2D eigenvalue weighted by atomic mass is 9.49. The van der Waals surface area contributed by atoms with Crippen LogP contribution in [0.25, 0.3) is 0 Å². The molecule has 0 aromatic carbocycles. The first kappa shape index (κ1) is 32.4. The predicted octanol–water partition coefficient (Wildman–Crippen LogP) is 3.83. The highest BCUT2D eigenvalue weighted by molar-refractivity contribution is 5.86. The van der Waals surface area contributed by atoms with Gasteiger partial charge in [0.1, 0.15) is 30.0 Å². The quantitative estimate of drug-likeness (QED) is 0.253. The van der Waals surface area contributed by atoms with Crippen LogP contribution in [0.5, 0.6) is 0 Å². The topological polar surface area (TPSA) is 143 Å². The van der Waals surface area contributed by atoms with E-state index in [-0.39, 0.29) is 5.92 Å². The third kappa shape index (κ3) is 3.77. The zero-order valence-electron chi connectivity index (χ0n) is 28.2. The Hall–Kier alpha value is -1.86. The Kier molecular flexibility index (Phi) is 7.12. The van der Waals surface area contributed by atoms with Crippen LogP contribution in [0.15, 0.2) is 24.3 Å². The standard InChI is InChI=1S/C36H50O11/c1-7-15-22-16-13-11-9-8-10-12-14-17-33-43-28-24-27-32(18-37,42-27)29(39)36-25(23(22)31(6,45-36)44-30(36)40)35(24,47-33)20(4)26(41-21(5)38)34(28,46-33)19(2)3/h8,10,20,22-29,37,39H,2,7,9,11-18H2,1,3-6H3/b10-8-/t20-,22+,23-,24+,25+,26-,27+,28-,29-,31+,32+,33?,34+,35-,36+/m1/s1. The first-order chi connectivity index (χ1) is 22.3. The minimum atomic E-state index is -1.91. The smallest absolute Gasteiger partial charge is 0.344 e. The molecule has 0 amide bonds. The van der Waals surface area contributed by atoms with E-state index in [9.17, 15) is 19.8 Å². The van der Waals surface area contributed by atoms with Crippen molar-refractivity contribution in [2.75, 3.05) is 6.61 Å². The van der Waals surface area contributed by atoms with Gasteiger partial charge < -0.3 is 43.4 Å². The number of allylic oxidation sites excluding steroid dienone is 2. The van der Waals surface area contributed by atoms with E-state index in [1.165, 1.54) is 6.92 Å². The molecule has 0 aromatic rings. The summed E-state index contributed by atoms with van der Waals surface area (Å²) in [5.74, 6) is -6.43. The van der Waals surface area contributed by atoms with Crippen LogP contribution in [-0.2, 0) is 42.7 Å². The van der Waals surface area contributed by atoms with Gasteiger partial charge in [0.15, 0.2) is 5.60 Å². The molecule has 2 saturated carbocycles. The zero-order chi connectivity index (χ0) is 33.4. The van der Waals surface area contributed by atoms with Crippen molar-refractivity contribution < 1.29 is 53.0 Å². The number of carbonyl (C=O) groups excluding carboxylic acids is 2. The van der Waals surface area contributed by atoms with Gasteiger partial charge in [0.05, 0.1) is 12.2 Å². The van der Waals surface area contributed by atoms with Crippen molar-refractivity contribution >= 4 is 11.9 Å². The molecular weight excluding hydrogens is 608 g/mol. The van der Waals surface area contributed by atoms with Crippen LogP contribution in [0.1, 0.15) is 92.4 Å². The summed E-state index contributed by atoms with van der Waals surface area (Å²) in [5.41, 5.74) is -5.46. The van der Waals surface area contributed by atoms with Crippen molar-refractivity contribution in [1.82, 2.24) is 0 Å². The van der Waals surface area contributed by atoms with E-state index in [0.717, 1.165) is 44.9 Å². The van der Waals surface area contributed by atoms with Gasteiger partial charge in [-0.3, -0.25) is 4.79 Å². The average molecular weight is 659 g/mol. The maximum atomic E-state index is 14.4. The molecule has 2 aliphatic carbocycles. The molecule has 3 spiro atoms. The Bertz CT molecular complexity index is 1400. The lowest BCUT2D eigenvalue weighted by Crippen LogP contribution is -2.78. The van der Waals surface area contributed by atoms with Gasteiger partial charge in [-0.1, -0.05) is 51.8 Å². The number of hydrogen-bond acceptors (Lipinski definition) is 11. The fraction of sp³-hybridized carbons (Fsp3) is 0.833. The summed E-state index contributed by atoms with van der Waals surface area (Å²) >= 11 is 0. The number of esters is 2. The van der Waals surface area contributed by atoms with Crippen molar-refractivity contribution in [3.63, 3.8) is 0 Å². The van der Waals surface area contributed by atoms with Gasteiger partial charge in [-0.05, 0) is 50.5 Å². The monoisotopic (exact) mass is 658 g/mol. The molecule has 8 aliphatic rings. The summed E-state index contributed by atoms with van der Waals surface area (Å²) in [7, 11) is 0. The number of ether oxygens (including phenoxy) is 7. The van der Waals surface area contributed by atoms with Gasteiger partial charge in [0, 0.05) is 43.9 Å². The van der Waals surface area contributed by atoms with Crippen LogP contribution in [0, 0.1) is 29.6 Å². The molecule has 11 heteroatoms. The van der Waals surface area contributed by atoms with E-state index in [2.05, 4.69) is 25.7 Å². The van der Waals surface area contributed by atoms with Crippen LogP contribution >= 0.6 is 0 Å². The molecule has 11 nitrogen and oxygen atoms in total. The van der Waals surface area contributed by atoms with E-state index >= 15 is 0 Å². The molecule has 0 radical (unpaired) electrons. The van der Waals surface area contributed by atoms with Crippen molar-refractivity contribution in [1.29, 1.82) is 0 Å². The molecule has 47 heavy (non-hydrogen) atoms. The third-order valence-electron chi connectivity index (χ3n) is 13.3. The van der Waals surface area contributed by atoms with Crippen LogP contribution in [0.4, 0.5) is 0 Å². The highest BCUT2D eigenvalue weighted by Crippen LogP contribution is 2.77. The van der Waals surface area contributed by atoms with Crippen molar-refractivity contribution in [3.8, 4) is 0 Å². The molecule has 260 valence electrons. The van der Waals surface area contributed by atoms with E-state index in [0.29, 0.717) is 18.4 Å².